The molecule has 18 heavy (non-hydrogen) atoms. The van der Waals surface area contributed by atoms with Crippen molar-refractivity contribution in [3.8, 4) is 0 Å². The van der Waals surface area contributed by atoms with Gasteiger partial charge in [-0.15, -0.1) is 0 Å². The topological polar surface area (TPSA) is 57.6 Å². The van der Waals surface area contributed by atoms with E-state index in [0.717, 1.165) is 0 Å². The first kappa shape index (κ1) is 12.5. The average Bonchev–Trinajstić information content (AvgIpc) is 2.70. The third-order valence-electron chi connectivity index (χ3n) is 3.40. The number of hydrogen-bond donors (Lipinski definition) is 1. The zero-order valence-corrected chi connectivity index (χ0v) is 9.97. The van der Waals surface area contributed by atoms with Crippen LogP contribution in [0.1, 0.15) is 23.7 Å². The second-order valence-corrected chi connectivity index (χ2v) is 4.48. The molecule has 1 aromatic carbocycles. The molecule has 4 nitrogen and oxygen atoms in total. The molecule has 1 N–H and O–H groups in total. The third kappa shape index (κ3) is 2.20. The van der Waals surface area contributed by atoms with Gasteiger partial charge in [-0.3, -0.25) is 9.59 Å². The van der Waals surface area contributed by atoms with E-state index in [9.17, 15) is 14.0 Å². The lowest BCUT2D eigenvalue weighted by molar-refractivity contribution is -0.142. The number of rotatable bonds is 2. The van der Waals surface area contributed by atoms with Crippen molar-refractivity contribution in [2.24, 2.45) is 5.92 Å². The molecule has 2 atom stereocenters. The van der Waals surface area contributed by atoms with E-state index < -0.39 is 17.7 Å². The Morgan fingerprint density at radius 1 is 1.44 bits per heavy atom. The van der Waals surface area contributed by atoms with Crippen molar-refractivity contribution < 1.29 is 19.1 Å². The normalized spacial score (nSPS) is 23.1. The summed E-state index contributed by atoms with van der Waals surface area (Å²) in [6.45, 7) is 2.11. The number of carboxylic acid groups (broad SMARTS) is 1. The van der Waals surface area contributed by atoms with Crippen molar-refractivity contribution in [3.63, 3.8) is 0 Å². The number of benzene rings is 1. The Morgan fingerprint density at radius 2 is 2.17 bits per heavy atom. The van der Waals surface area contributed by atoms with E-state index >= 15 is 0 Å². The van der Waals surface area contributed by atoms with Crippen LogP contribution in [0.3, 0.4) is 0 Å². The summed E-state index contributed by atoms with van der Waals surface area (Å²) < 4.78 is 13.1. The fourth-order valence-corrected chi connectivity index (χ4v) is 2.34. The summed E-state index contributed by atoms with van der Waals surface area (Å²) in [6, 6.07) is 5.08. The van der Waals surface area contributed by atoms with E-state index in [2.05, 4.69) is 0 Å². The van der Waals surface area contributed by atoms with Gasteiger partial charge < -0.3 is 10.0 Å². The number of hydrogen-bond acceptors (Lipinski definition) is 2. The summed E-state index contributed by atoms with van der Waals surface area (Å²) in [6.07, 6.45) is 0.442. The van der Waals surface area contributed by atoms with E-state index in [0.29, 0.717) is 13.0 Å². The Kier molecular flexibility index (Phi) is 3.32. The molecule has 1 aromatic rings. The smallest absolute Gasteiger partial charge is 0.308 e. The first-order valence-electron chi connectivity index (χ1n) is 5.80. The predicted octanol–water partition coefficient (Wildman–Crippen LogP) is 1.76. The van der Waals surface area contributed by atoms with Crippen LogP contribution in [0.15, 0.2) is 24.3 Å². The van der Waals surface area contributed by atoms with Crippen LogP contribution in [0.5, 0.6) is 0 Å². The Balaban J connectivity index is 2.18. The van der Waals surface area contributed by atoms with Gasteiger partial charge in [0.1, 0.15) is 5.82 Å². The molecule has 1 aliphatic heterocycles. The maximum absolute atomic E-state index is 13.1. The SMILES string of the molecule is CC1C(C(=O)O)CCN1C(=O)c1cccc(F)c1. The van der Waals surface area contributed by atoms with Crippen molar-refractivity contribution in [3.05, 3.63) is 35.6 Å². The standard InChI is InChI=1S/C13H14FNO3/c1-8-11(13(17)18)5-6-15(8)12(16)9-3-2-4-10(14)7-9/h2-4,7-8,11H,5-6H2,1H3,(H,17,18). The largest absolute Gasteiger partial charge is 0.481 e. The fourth-order valence-electron chi connectivity index (χ4n) is 2.34. The van der Waals surface area contributed by atoms with Gasteiger partial charge in [0, 0.05) is 18.2 Å². The molecule has 1 aliphatic rings. The summed E-state index contributed by atoms with van der Waals surface area (Å²) in [5, 5.41) is 9.00. The van der Waals surface area contributed by atoms with Crippen LogP contribution in [-0.4, -0.2) is 34.5 Å². The molecule has 2 rings (SSSR count). The van der Waals surface area contributed by atoms with Crippen LogP contribution in [0, 0.1) is 11.7 Å². The predicted molar refractivity (Wildman–Crippen MR) is 62.6 cm³/mol. The Bertz CT molecular complexity index is 489. The second-order valence-electron chi connectivity index (χ2n) is 4.48. The number of nitrogens with zero attached hydrogens (tertiary/aromatic N) is 1. The van der Waals surface area contributed by atoms with E-state index in [1.54, 1.807) is 6.92 Å². The lowest BCUT2D eigenvalue weighted by Gasteiger charge is -2.23. The lowest BCUT2D eigenvalue weighted by Crippen LogP contribution is -2.37. The molecule has 1 fully saturated rings. The van der Waals surface area contributed by atoms with E-state index in [1.807, 2.05) is 0 Å². The van der Waals surface area contributed by atoms with Crippen molar-refractivity contribution in [2.75, 3.05) is 6.54 Å². The highest BCUT2D eigenvalue weighted by molar-refractivity contribution is 5.95. The second kappa shape index (κ2) is 4.76. The monoisotopic (exact) mass is 251 g/mol. The molecular weight excluding hydrogens is 237 g/mol. The van der Waals surface area contributed by atoms with Crippen molar-refractivity contribution in [1.29, 1.82) is 0 Å². The maximum Gasteiger partial charge on any atom is 0.308 e. The minimum Gasteiger partial charge on any atom is -0.481 e. The lowest BCUT2D eigenvalue weighted by atomic mass is 10.0. The average molecular weight is 251 g/mol. The van der Waals surface area contributed by atoms with Crippen LogP contribution < -0.4 is 0 Å². The van der Waals surface area contributed by atoms with Crippen molar-refractivity contribution >= 4 is 11.9 Å². The minimum absolute atomic E-state index is 0.257. The number of carbonyl (C=O) groups is 2. The number of halogens is 1. The van der Waals surface area contributed by atoms with Crippen LogP contribution in [0.4, 0.5) is 4.39 Å². The van der Waals surface area contributed by atoms with E-state index in [-0.39, 0.29) is 17.5 Å². The van der Waals surface area contributed by atoms with Gasteiger partial charge in [-0.05, 0) is 31.5 Å². The van der Waals surface area contributed by atoms with Gasteiger partial charge in [-0.25, -0.2) is 4.39 Å². The zero-order valence-electron chi connectivity index (χ0n) is 9.97. The van der Waals surface area contributed by atoms with Gasteiger partial charge in [0.25, 0.3) is 5.91 Å². The molecule has 0 spiro atoms. The Labute approximate surface area is 104 Å². The fraction of sp³-hybridized carbons (Fsp3) is 0.385. The molecule has 1 amide bonds. The molecule has 0 radical (unpaired) electrons. The van der Waals surface area contributed by atoms with Crippen LogP contribution >= 0.6 is 0 Å². The van der Waals surface area contributed by atoms with Gasteiger partial charge in [0.05, 0.1) is 5.92 Å². The zero-order chi connectivity index (χ0) is 13.3. The molecule has 5 heteroatoms. The summed E-state index contributed by atoms with van der Waals surface area (Å²) in [5.74, 6) is -2.22. The number of carbonyl (C=O) groups excluding carboxylic acids is 1. The molecule has 0 bridgehead atoms. The summed E-state index contributed by atoms with van der Waals surface area (Å²) in [7, 11) is 0. The summed E-state index contributed by atoms with van der Waals surface area (Å²) >= 11 is 0. The third-order valence-corrected chi connectivity index (χ3v) is 3.40. The highest BCUT2D eigenvalue weighted by atomic mass is 19.1. The van der Waals surface area contributed by atoms with Gasteiger partial charge in [-0.1, -0.05) is 6.07 Å². The number of aliphatic carboxylic acids is 1. The molecule has 0 aromatic heterocycles. The van der Waals surface area contributed by atoms with Gasteiger partial charge in [-0.2, -0.15) is 0 Å². The molecule has 0 saturated carbocycles. The summed E-state index contributed by atoms with van der Waals surface area (Å²) in [5.41, 5.74) is 0.257. The molecule has 1 heterocycles. The van der Waals surface area contributed by atoms with Crippen LogP contribution in [0.2, 0.25) is 0 Å². The van der Waals surface area contributed by atoms with Crippen molar-refractivity contribution in [2.45, 2.75) is 19.4 Å². The molecule has 0 aliphatic carbocycles. The maximum atomic E-state index is 13.1. The highest BCUT2D eigenvalue weighted by Gasteiger charge is 2.38. The first-order chi connectivity index (χ1) is 8.50. The quantitative estimate of drug-likeness (QED) is 0.871. The minimum atomic E-state index is -0.892. The Hall–Kier alpha value is -1.91. The van der Waals surface area contributed by atoms with E-state index in [4.69, 9.17) is 5.11 Å². The molecule has 96 valence electrons. The number of likely N-dealkylation sites (tertiary alicyclic amines) is 1. The molecule has 2 unspecified atom stereocenters. The number of carboxylic acids is 1. The van der Waals surface area contributed by atoms with Gasteiger partial charge in [0.15, 0.2) is 0 Å². The van der Waals surface area contributed by atoms with Crippen LogP contribution in [0.25, 0.3) is 0 Å². The highest BCUT2D eigenvalue weighted by Crippen LogP contribution is 2.26. The van der Waals surface area contributed by atoms with Gasteiger partial charge in [0.2, 0.25) is 0 Å². The van der Waals surface area contributed by atoms with Gasteiger partial charge >= 0.3 is 5.97 Å². The first-order valence-corrected chi connectivity index (χ1v) is 5.80. The van der Waals surface area contributed by atoms with E-state index in [1.165, 1.54) is 29.2 Å². The van der Waals surface area contributed by atoms with Crippen LogP contribution in [-0.2, 0) is 4.79 Å². The van der Waals surface area contributed by atoms with Crippen molar-refractivity contribution in [1.82, 2.24) is 4.90 Å². The molecule has 1 saturated heterocycles. The number of amides is 1. The Morgan fingerprint density at radius 3 is 2.72 bits per heavy atom. The molecular formula is C13H14FNO3. The summed E-state index contributed by atoms with van der Waals surface area (Å²) in [4.78, 5) is 24.6.